The van der Waals surface area contributed by atoms with Gasteiger partial charge in [-0.3, -0.25) is 9.69 Å². The van der Waals surface area contributed by atoms with Crippen LogP contribution < -0.4 is 0 Å². The number of rotatable bonds is 5. The van der Waals surface area contributed by atoms with E-state index in [-0.39, 0.29) is 11.9 Å². The van der Waals surface area contributed by atoms with E-state index >= 15 is 0 Å². The summed E-state index contributed by atoms with van der Waals surface area (Å²) in [6.45, 7) is 5.27. The summed E-state index contributed by atoms with van der Waals surface area (Å²) in [4.78, 5) is 28.3. The van der Waals surface area contributed by atoms with Crippen LogP contribution in [0.3, 0.4) is 0 Å². The van der Waals surface area contributed by atoms with E-state index in [2.05, 4.69) is 44.1 Å². The van der Waals surface area contributed by atoms with Crippen LogP contribution in [0.2, 0.25) is 0 Å². The molecule has 1 aliphatic rings. The van der Waals surface area contributed by atoms with Crippen molar-refractivity contribution in [2.24, 2.45) is 0 Å². The molecule has 1 fully saturated rings. The summed E-state index contributed by atoms with van der Waals surface area (Å²) in [5.41, 5.74) is 3.54. The molecule has 1 amide bonds. The Hall–Kier alpha value is -2.73. The van der Waals surface area contributed by atoms with Gasteiger partial charge >= 0.3 is 0 Å². The minimum absolute atomic E-state index is 0.124. The molecule has 2 aromatic heterocycles. The maximum absolute atomic E-state index is 12.3. The molecule has 0 unspecified atom stereocenters. The second-order valence-corrected chi connectivity index (χ2v) is 7.61. The normalized spacial score (nSPS) is 18.1. The van der Waals surface area contributed by atoms with Crippen molar-refractivity contribution >= 4 is 16.8 Å². The van der Waals surface area contributed by atoms with Crippen molar-refractivity contribution in [3.05, 3.63) is 60.3 Å². The molecule has 1 aromatic carbocycles. The molecule has 3 aromatic rings. The molecule has 0 saturated carbocycles. The summed E-state index contributed by atoms with van der Waals surface area (Å²) in [6, 6.07) is 8.88. The first-order chi connectivity index (χ1) is 13.7. The predicted octanol–water partition coefficient (Wildman–Crippen LogP) is 3.36. The van der Waals surface area contributed by atoms with Crippen LogP contribution in [-0.2, 0) is 17.9 Å². The second kappa shape index (κ2) is 8.52. The molecule has 0 radical (unpaired) electrons. The third-order valence-electron chi connectivity index (χ3n) is 5.68. The molecule has 28 heavy (non-hydrogen) atoms. The molecule has 6 nitrogen and oxygen atoms in total. The first kappa shape index (κ1) is 18.6. The summed E-state index contributed by atoms with van der Waals surface area (Å²) >= 11 is 0. The third-order valence-corrected chi connectivity index (χ3v) is 5.68. The van der Waals surface area contributed by atoms with Crippen molar-refractivity contribution in [1.82, 2.24) is 24.8 Å². The van der Waals surface area contributed by atoms with Crippen LogP contribution in [0, 0.1) is 0 Å². The first-order valence-electron chi connectivity index (χ1n) is 9.99. The summed E-state index contributed by atoms with van der Waals surface area (Å²) in [6.07, 6.45) is 10.3. The average molecular weight is 377 g/mol. The Morgan fingerprint density at radius 3 is 2.89 bits per heavy atom. The zero-order chi connectivity index (χ0) is 19.3. The van der Waals surface area contributed by atoms with Crippen molar-refractivity contribution < 1.29 is 4.79 Å². The van der Waals surface area contributed by atoms with Crippen LogP contribution >= 0.6 is 0 Å². The molecule has 3 heterocycles. The number of amides is 1. The fourth-order valence-electron chi connectivity index (χ4n) is 4.24. The lowest BCUT2D eigenvalue weighted by Crippen LogP contribution is -2.39. The average Bonchev–Trinajstić information content (AvgIpc) is 3.08. The standard InChI is InChI=1S/C22H27N5O/c1-17(28)27(14-18-12-23-16-24-13-18)20-5-3-10-26(11-8-20)15-19-4-2-6-22-21(19)7-9-25-22/h2,4,6-7,9,12-13,16,20,25H,3,5,8,10-11,14-15H2,1H3/t20-/m0/s1. The zero-order valence-corrected chi connectivity index (χ0v) is 16.3. The lowest BCUT2D eigenvalue weighted by molar-refractivity contribution is -0.132. The molecule has 0 bridgehead atoms. The zero-order valence-electron chi connectivity index (χ0n) is 16.3. The van der Waals surface area contributed by atoms with Gasteiger partial charge < -0.3 is 9.88 Å². The largest absolute Gasteiger partial charge is 0.361 e. The van der Waals surface area contributed by atoms with E-state index in [9.17, 15) is 4.79 Å². The van der Waals surface area contributed by atoms with Gasteiger partial charge in [-0.1, -0.05) is 12.1 Å². The number of aromatic amines is 1. The highest BCUT2D eigenvalue weighted by Crippen LogP contribution is 2.23. The predicted molar refractivity (Wildman–Crippen MR) is 109 cm³/mol. The highest BCUT2D eigenvalue weighted by atomic mass is 16.2. The second-order valence-electron chi connectivity index (χ2n) is 7.61. The Morgan fingerprint density at radius 1 is 1.21 bits per heavy atom. The van der Waals surface area contributed by atoms with Crippen molar-refractivity contribution in [3.8, 4) is 0 Å². The molecule has 1 saturated heterocycles. The summed E-state index contributed by atoms with van der Waals surface area (Å²) in [5, 5.41) is 1.30. The number of carbonyl (C=O) groups is 1. The SMILES string of the molecule is CC(=O)N(Cc1cncnc1)[C@H]1CCCN(Cc2cccc3[nH]ccc23)CC1. The smallest absolute Gasteiger partial charge is 0.219 e. The molecular weight excluding hydrogens is 350 g/mol. The molecule has 1 N–H and O–H groups in total. The highest BCUT2D eigenvalue weighted by Gasteiger charge is 2.25. The number of H-pyrrole nitrogens is 1. The lowest BCUT2D eigenvalue weighted by Gasteiger charge is -2.30. The first-order valence-corrected chi connectivity index (χ1v) is 9.99. The minimum Gasteiger partial charge on any atom is -0.361 e. The van der Waals surface area contributed by atoms with E-state index in [1.807, 2.05) is 11.1 Å². The quantitative estimate of drug-likeness (QED) is 0.740. The van der Waals surface area contributed by atoms with Gasteiger partial charge in [-0.05, 0) is 43.5 Å². The number of carbonyl (C=O) groups excluding carboxylic acids is 1. The molecule has 0 spiro atoms. The maximum atomic E-state index is 12.3. The molecule has 1 aliphatic heterocycles. The van der Waals surface area contributed by atoms with Crippen molar-refractivity contribution in [2.75, 3.05) is 13.1 Å². The van der Waals surface area contributed by atoms with E-state index < -0.39 is 0 Å². The van der Waals surface area contributed by atoms with E-state index in [0.29, 0.717) is 6.54 Å². The Morgan fingerprint density at radius 2 is 2.07 bits per heavy atom. The van der Waals surface area contributed by atoms with Gasteiger partial charge in [0.2, 0.25) is 5.91 Å². The number of nitrogens with zero attached hydrogens (tertiary/aromatic N) is 4. The monoisotopic (exact) mass is 377 g/mol. The van der Waals surface area contributed by atoms with Crippen LogP contribution in [0.25, 0.3) is 10.9 Å². The van der Waals surface area contributed by atoms with Crippen LogP contribution in [0.15, 0.2) is 49.2 Å². The Balaban J connectivity index is 1.42. The topological polar surface area (TPSA) is 65.1 Å². The number of likely N-dealkylation sites (tertiary alicyclic amines) is 1. The molecule has 0 aliphatic carbocycles. The van der Waals surface area contributed by atoms with Crippen LogP contribution in [0.1, 0.15) is 37.3 Å². The molecule has 146 valence electrons. The van der Waals surface area contributed by atoms with Crippen LogP contribution in [0.4, 0.5) is 0 Å². The van der Waals surface area contributed by atoms with E-state index in [1.54, 1.807) is 19.3 Å². The van der Waals surface area contributed by atoms with Gasteiger partial charge in [-0.15, -0.1) is 0 Å². The Bertz CT molecular complexity index is 923. The lowest BCUT2D eigenvalue weighted by atomic mass is 10.1. The molecule has 1 atom stereocenters. The van der Waals surface area contributed by atoms with Gasteiger partial charge in [0.1, 0.15) is 6.33 Å². The number of nitrogens with one attached hydrogen (secondary N) is 1. The maximum Gasteiger partial charge on any atom is 0.219 e. The Labute approximate surface area is 165 Å². The fraction of sp³-hybridized carbons (Fsp3) is 0.409. The van der Waals surface area contributed by atoms with Gasteiger partial charge in [-0.25, -0.2) is 9.97 Å². The van der Waals surface area contributed by atoms with Crippen molar-refractivity contribution in [3.63, 3.8) is 0 Å². The minimum atomic E-state index is 0.124. The molecular formula is C22H27N5O. The van der Waals surface area contributed by atoms with Crippen LogP contribution in [-0.4, -0.2) is 49.8 Å². The third kappa shape index (κ3) is 4.22. The summed E-state index contributed by atoms with van der Waals surface area (Å²) < 4.78 is 0. The van der Waals surface area contributed by atoms with Gasteiger partial charge in [0.05, 0.1) is 0 Å². The summed E-state index contributed by atoms with van der Waals surface area (Å²) in [5.74, 6) is 0.124. The van der Waals surface area contributed by atoms with Crippen LogP contribution in [0.5, 0.6) is 0 Å². The molecule has 4 rings (SSSR count). The van der Waals surface area contributed by atoms with Crippen molar-refractivity contribution in [1.29, 1.82) is 0 Å². The summed E-state index contributed by atoms with van der Waals surface area (Å²) in [7, 11) is 0. The van der Waals surface area contributed by atoms with Gasteiger partial charge in [0.15, 0.2) is 0 Å². The number of benzene rings is 1. The van der Waals surface area contributed by atoms with E-state index in [4.69, 9.17) is 0 Å². The number of aromatic nitrogens is 3. The van der Waals surface area contributed by atoms with Gasteiger partial charge in [0.25, 0.3) is 0 Å². The number of hydrogen-bond acceptors (Lipinski definition) is 4. The number of hydrogen-bond donors (Lipinski definition) is 1. The molecule has 6 heteroatoms. The fourth-order valence-corrected chi connectivity index (χ4v) is 4.24. The van der Waals surface area contributed by atoms with E-state index in [0.717, 1.165) is 44.5 Å². The highest BCUT2D eigenvalue weighted by molar-refractivity contribution is 5.82. The number of fused-ring (bicyclic) bond motifs is 1. The van der Waals surface area contributed by atoms with E-state index in [1.165, 1.54) is 22.8 Å². The van der Waals surface area contributed by atoms with Gasteiger partial charge in [0, 0.05) is 67.7 Å². The van der Waals surface area contributed by atoms with Gasteiger partial charge in [-0.2, -0.15) is 0 Å². The van der Waals surface area contributed by atoms with Crippen molar-refractivity contribution in [2.45, 2.75) is 45.3 Å². The Kier molecular flexibility index (Phi) is 5.67.